The fourth-order valence-corrected chi connectivity index (χ4v) is 5.23. The lowest BCUT2D eigenvalue weighted by Gasteiger charge is -2.32. The molecular weight excluding hydrogens is 541 g/mol. The summed E-state index contributed by atoms with van der Waals surface area (Å²) in [7, 11) is -3.86. The third-order valence-corrected chi connectivity index (χ3v) is 8.30. The first-order valence-corrected chi connectivity index (χ1v) is 14.3. The van der Waals surface area contributed by atoms with Crippen molar-refractivity contribution < 1.29 is 27.5 Å². The van der Waals surface area contributed by atoms with Crippen molar-refractivity contribution in [2.24, 2.45) is 0 Å². The molecule has 0 radical (unpaired) electrons. The number of ether oxygens (including phenoxy) is 2. The van der Waals surface area contributed by atoms with E-state index in [0.717, 1.165) is 17.1 Å². The molecule has 37 heavy (non-hydrogen) atoms. The van der Waals surface area contributed by atoms with Crippen molar-refractivity contribution in [1.29, 1.82) is 0 Å². The van der Waals surface area contributed by atoms with Crippen LogP contribution in [0.4, 0.5) is 5.69 Å². The van der Waals surface area contributed by atoms with Gasteiger partial charge in [-0.05, 0) is 50.1 Å². The minimum atomic E-state index is -3.86. The van der Waals surface area contributed by atoms with Gasteiger partial charge in [0.25, 0.3) is 0 Å². The van der Waals surface area contributed by atoms with E-state index in [1.807, 2.05) is 6.92 Å². The normalized spacial score (nSPS) is 13.2. The molecule has 0 saturated carbocycles. The van der Waals surface area contributed by atoms with Crippen LogP contribution >= 0.6 is 23.2 Å². The number of rotatable bonds is 12. The van der Waals surface area contributed by atoms with E-state index >= 15 is 0 Å². The molecule has 1 N–H and O–H groups in total. The third-order valence-electron chi connectivity index (χ3n) is 5.98. The number of halogens is 2. The highest BCUT2D eigenvalue weighted by atomic mass is 35.5. The zero-order valence-corrected chi connectivity index (χ0v) is 23.3. The molecule has 0 aliphatic carbocycles. The SMILES string of the molecule is CCCCNC(=O)[C@H](C)N(Cc1ccc(Cl)cc1Cl)C(=O)CN(c1ccc2c(c1)OCO2)S(=O)(=O)CC. The molecule has 1 aliphatic heterocycles. The summed E-state index contributed by atoms with van der Waals surface area (Å²) in [6.45, 7) is 5.06. The summed E-state index contributed by atoms with van der Waals surface area (Å²) in [5.41, 5.74) is 0.824. The van der Waals surface area contributed by atoms with Crippen molar-refractivity contribution in [3.63, 3.8) is 0 Å². The lowest BCUT2D eigenvalue weighted by atomic mass is 10.1. The molecule has 0 aromatic heterocycles. The van der Waals surface area contributed by atoms with E-state index in [0.29, 0.717) is 33.7 Å². The summed E-state index contributed by atoms with van der Waals surface area (Å²) in [5.74, 6) is -0.279. The number of benzene rings is 2. The molecule has 9 nitrogen and oxygen atoms in total. The third kappa shape index (κ3) is 7.21. The standard InChI is InChI=1S/C25H31Cl2N3O6S/c1-4-6-11-28-25(32)17(3)29(14-18-7-8-19(26)12-21(18)27)24(31)15-30(37(33,34)5-2)20-9-10-22-23(13-20)36-16-35-22/h7-10,12-13,17H,4-6,11,14-16H2,1-3H3,(H,28,32)/t17-/m0/s1. The van der Waals surface area contributed by atoms with Crippen LogP contribution in [-0.2, 0) is 26.2 Å². The summed E-state index contributed by atoms with van der Waals surface area (Å²) in [6, 6.07) is 8.63. The van der Waals surface area contributed by atoms with Gasteiger partial charge in [-0.25, -0.2) is 8.42 Å². The topological polar surface area (TPSA) is 105 Å². The van der Waals surface area contributed by atoms with Crippen LogP contribution < -0.4 is 19.1 Å². The summed E-state index contributed by atoms with van der Waals surface area (Å²) in [5, 5.41) is 3.60. The van der Waals surface area contributed by atoms with Gasteiger partial charge in [0.2, 0.25) is 28.6 Å². The van der Waals surface area contributed by atoms with Crippen molar-refractivity contribution in [2.45, 2.75) is 46.2 Å². The molecule has 1 heterocycles. The minimum absolute atomic E-state index is 0.0155. The number of hydrogen-bond acceptors (Lipinski definition) is 6. The van der Waals surface area contributed by atoms with Crippen molar-refractivity contribution in [2.75, 3.05) is 29.9 Å². The Kier molecular flexibility index (Phi) is 9.92. The number of amides is 2. The molecule has 1 aliphatic rings. The van der Waals surface area contributed by atoms with Crippen LogP contribution in [0.5, 0.6) is 11.5 Å². The van der Waals surface area contributed by atoms with E-state index in [-0.39, 0.29) is 30.7 Å². The molecular formula is C25H31Cl2N3O6S. The summed E-state index contributed by atoms with van der Waals surface area (Å²) >= 11 is 12.4. The van der Waals surface area contributed by atoms with Gasteiger partial charge in [-0.3, -0.25) is 13.9 Å². The van der Waals surface area contributed by atoms with Crippen molar-refractivity contribution in [3.05, 3.63) is 52.0 Å². The quantitative estimate of drug-likeness (QED) is 0.382. The van der Waals surface area contributed by atoms with E-state index in [2.05, 4.69) is 5.32 Å². The predicted octanol–water partition coefficient (Wildman–Crippen LogP) is 4.21. The number of carbonyl (C=O) groups excluding carboxylic acids is 2. The first-order chi connectivity index (χ1) is 17.6. The van der Waals surface area contributed by atoms with Crippen LogP contribution in [0.3, 0.4) is 0 Å². The highest BCUT2D eigenvalue weighted by molar-refractivity contribution is 7.92. The van der Waals surface area contributed by atoms with E-state index in [9.17, 15) is 18.0 Å². The number of fused-ring (bicyclic) bond motifs is 1. The summed E-state index contributed by atoms with van der Waals surface area (Å²) in [6.07, 6.45) is 1.69. The van der Waals surface area contributed by atoms with Gasteiger partial charge < -0.3 is 19.7 Å². The fourth-order valence-electron chi connectivity index (χ4n) is 3.71. The van der Waals surface area contributed by atoms with Gasteiger partial charge >= 0.3 is 0 Å². The lowest BCUT2D eigenvalue weighted by molar-refractivity contribution is -0.139. The smallest absolute Gasteiger partial charge is 0.244 e. The fraction of sp³-hybridized carbons (Fsp3) is 0.440. The van der Waals surface area contributed by atoms with Gasteiger partial charge in [0, 0.05) is 29.2 Å². The molecule has 0 saturated heterocycles. The van der Waals surface area contributed by atoms with E-state index < -0.39 is 28.5 Å². The van der Waals surface area contributed by atoms with Crippen LogP contribution in [0.1, 0.15) is 39.2 Å². The average Bonchev–Trinajstić information content (AvgIpc) is 3.34. The lowest BCUT2D eigenvalue weighted by Crippen LogP contribution is -2.51. The largest absolute Gasteiger partial charge is 0.454 e. The Balaban J connectivity index is 1.93. The van der Waals surface area contributed by atoms with Gasteiger partial charge in [-0.2, -0.15) is 0 Å². The van der Waals surface area contributed by atoms with Crippen LogP contribution in [0.15, 0.2) is 36.4 Å². The number of nitrogens with one attached hydrogen (secondary N) is 1. The molecule has 2 aromatic carbocycles. The van der Waals surface area contributed by atoms with Crippen LogP contribution in [0.2, 0.25) is 10.0 Å². The Bertz CT molecular complexity index is 1240. The van der Waals surface area contributed by atoms with Gasteiger partial charge in [-0.15, -0.1) is 0 Å². The van der Waals surface area contributed by atoms with Gasteiger partial charge in [-0.1, -0.05) is 42.6 Å². The van der Waals surface area contributed by atoms with Crippen LogP contribution in [0.25, 0.3) is 0 Å². The molecule has 2 amide bonds. The van der Waals surface area contributed by atoms with Crippen LogP contribution in [0, 0.1) is 0 Å². The van der Waals surface area contributed by atoms with Gasteiger partial charge in [0.1, 0.15) is 12.6 Å². The van der Waals surface area contributed by atoms with E-state index in [1.54, 1.807) is 37.3 Å². The maximum atomic E-state index is 13.7. The van der Waals surface area contributed by atoms with Crippen LogP contribution in [-0.4, -0.2) is 56.8 Å². The molecule has 12 heteroatoms. The summed E-state index contributed by atoms with van der Waals surface area (Å²) < 4.78 is 37.8. The Labute approximate surface area is 227 Å². The zero-order chi connectivity index (χ0) is 27.2. The molecule has 0 unspecified atom stereocenters. The van der Waals surface area contributed by atoms with Crippen molar-refractivity contribution in [3.8, 4) is 11.5 Å². The molecule has 1 atom stereocenters. The highest BCUT2D eigenvalue weighted by Crippen LogP contribution is 2.36. The summed E-state index contributed by atoms with van der Waals surface area (Å²) in [4.78, 5) is 27.9. The maximum absolute atomic E-state index is 13.7. The first-order valence-electron chi connectivity index (χ1n) is 12.0. The molecule has 2 aromatic rings. The number of nitrogens with zero attached hydrogens (tertiary/aromatic N) is 2. The van der Waals surface area contributed by atoms with E-state index in [1.165, 1.54) is 17.9 Å². The Morgan fingerprint density at radius 3 is 2.49 bits per heavy atom. The molecule has 3 rings (SSSR count). The second-order valence-electron chi connectivity index (χ2n) is 8.52. The van der Waals surface area contributed by atoms with Crippen molar-refractivity contribution >= 4 is 50.7 Å². The number of anilines is 1. The first kappa shape index (κ1) is 28.9. The number of sulfonamides is 1. The van der Waals surface area contributed by atoms with Gasteiger partial charge in [0.15, 0.2) is 11.5 Å². The zero-order valence-electron chi connectivity index (χ0n) is 21.0. The number of carbonyl (C=O) groups is 2. The second kappa shape index (κ2) is 12.7. The highest BCUT2D eigenvalue weighted by Gasteiger charge is 2.32. The number of unbranched alkanes of at least 4 members (excludes halogenated alkanes) is 1. The molecule has 0 spiro atoms. The molecule has 0 bridgehead atoms. The number of hydrogen-bond donors (Lipinski definition) is 1. The molecule has 202 valence electrons. The van der Waals surface area contributed by atoms with E-state index in [4.69, 9.17) is 32.7 Å². The second-order valence-corrected chi connectivity index (χ2v) is 11.5. The van der Waals surface area contributed by atoms with Gasteiger partial charge in [0.05, 0.1) is 11.4 Å². The Hall–Kier alpha value is -2.69. The maximum Gasteiger partial charge on any atom is 0.244 e. The predicted molar refractivity (Wildman–Crippen MR) is 144 cm³/mol. The van der Waals surface area contributed by atoms with Crippen molar-refractivity contribution in [1.82, 2.24) is 10.2 Å². The minimum Gasteiger partial charge on any atom is -0.454 e. The Morgan fingerprint density at radius 2 is 1.81 bits per heavy atom. The molecule has 0 fully saturated rings. The monoisotopic (exact) mass is 571 g/mol. The Morgan fingerprint density at radius 1 is 1.08 bits per heavy atom. The average molecular weight is 573 g/mol.